The number of hydrogen-bond acceptors (Lipinski definition) is 4. The maximum atomic E-state index is 13.6. The van der Waals surface area contributed by atoms with Gasteiger partial charge in [-0.3, -0.25) is 9.59 Å². The molecule has 5 rings (SSSR count). The van der Waals surface area contributed by atoms with Gasteiger partial charge < -0.3 is 10.2 Å². The van der Waals surface area contributed by atoms with Crippen LogP contribution in [0.15, 0.2) is 94.0 Å². The molecule has 36 heavy (non-hydrogen) atoms. The van der Waals surface area contributed by atoms with Crippen molar-refractivity contribution in [1.29, 1.82) is 0 Å². The van der Waals surface area contributed by atoms with Crippen LogP contribution in [0.5, 0.6) is 0 Å². The fraction of sp³-hybridized carbons (Fsp3) is 0. The normalized spacial score (nSPS) is 14.4. The van der Waals surface area contributed by atoms with Crippen molar-refractivity contribution in [3.05, 3.63) is 116 Å². The van der Waals surface area contributed by atoms with Gasteiger partial charge in [-0.15, -0.1) is 0 Å². The largest absolute Gasteiger partial charge is 0.457 e. The predicted octanol–water partition coefficient (Wildman–Crippen LogP) is 6.84. The highest BCUT2D eigenvalue weighted by molar-refractivity contribution is 6.44. The van der Waals surface area contributed by atoms with Crippen LogP contribution >= 0.6 is 34.8 Å². The van der Waals surface area contributed by atoms with E-state index in [0.717, 1.165) is 11.1 Å². The van der Waals surface area contributed by atoms with Crippen LogP contribution in [0, 0.1) is 0 Å². The van der Waals surface area contributed by atoms with Crippen molar-refractivity contribution in [2.45, 2.75) is 0 Å². The van der Waals surface area contributed by atoms with E-state index in [4.69, 9.17) is 45.0 Å². The van der Waals surface area contributed by atoms with Gasteiger partial charge in [-0.25, -0.2) is 0 Å². The Bertz CT molecular complexity index is 1540. The highest BCUT2D eigenvalue weighted by Crippen LogP contribution is 2.40. The molecular formula is C27H16Cl3N3O3. The molecule has 4 aromatic rings. The molecule has 2 amide bonds. The van der Waals surface area contributed by atoms with E-state index < -0.39 is 11.8 Å². The quantitative estimate of drug-likeness (QED) is 0.283. The third kappa shape index (κ3) is 4.54. The van der Waals surface area contributed by atoms with Crippen molar-refractivity contribution < 1.29 is 14.0 Å². The molecule has 0 saturated heterocycles. The highest BCUT2D eigenvalue weighted by Gasteiger charge is 2.34. The lowest BCUT2D eigenvalue weighted by Gasteiger charge is -2.15. The fourth-order valence-electron chi connectivity index (χ4n) is 3.77. The molecule has 2 N–H and O–H groups in total. The van der Waals surface area contributed by atoms with Crippen molar-refractivity contribution >= 4 is 64.1 Å². The highest BCUT2D eigenvalue weighted by atomic mass is 35.5. The number of hydrazone groups is 1. The number of benzene rings is 3. The first kappa shape index (κ1) is 23.9. The Balaban J connectivity index is 1.56. The second kappa shape index (κ2) is 9.66. The van der Waals surface area contributed by atoms with Crippen molar-refractivity contribution in [3.8, 4) is 11.3 Å². The number of nitrogens with two attached hydrogens (primary N) is 1. The Labute approximate surface area is 221 Å². The molecule has 2 heterocycles. The number of rotatable bonds is 5. The molecule has 0 atom stereocenters. The first-order valence-corrected chi connectivity index (χ1v) is 11.8. The van der Waals surface area contributed by atoms with Crippen LogP contribution < -0.4 is 10.7 Å². The summed E-state index contributed by atoms with van der Waals surface area (Å²) in [4.78, 5) is 24.9. The number of hydrogen-bond donors (Lipinski definition) is 1. The van der Waals surface area contributed by atoms with E-state index in [1.165, 1.54) is 17.1 Å². The first-order valence-electron chi connectivity index (χ1n) is 10.7. The van der Waals surface area contributed by atoms with Gasteiger partial charge in [-0.1, -0.05) is 77.3 Å². The molecule has 9 heteroatoms. The minimum Gasteiger partial charge on any atom is -0.457 e. The van der Waals surface area contributed by atoms with Gasteiger partial charge in [0.1, 0.15) is 22.9 Å². The van der Waals surface area contributed by atoms with E-state index in [2.05, 4.69) is 5.10 Å². The van der Waals surface area contributed by atoms with Crippen molar-refractivity contribution in [2.24, 2.45) is 10.8 Å². The van der Waals surface area contributed by atoms with Gasteiger partial charge in [0.05, 0.1) is 15.6 Å². The molecular weight excluding hydrogens is 521 g/mol. The van der Waals surface area contributed by atoms with Crippen LogP contribution in [0.3, 0.4) is 0 Å². The SMILES string of the molecule is NC(=O)c1ccc(-c2ccc(/C=C3\C(=O)N(c4c(Cl)cc(Cl)cc4Cl)N=C3c3ccccc3)o2)cc1. The molecule has 0 radical (unpaired) electrons. The molecule has 1 aliphatic heterocycles. The third-order valence-electron chi connectivity index (χ3n) is 5.49. The second-order valence-corrected chi connectivity index (χ2v) is 9.10. The maximum absolute atomic E-state index is 13.6. The van der Waals surface area contributed by atoms with Crippen LogP contribution in [-0.4, -0.2) is 17.5 Å². The molecule has 1 aliphatic rings. The second-order valence-electron chi connectivity index (χ2n) is 7.85. The molecule has 0 aliphatic carbocycles. The summed E-state index contributed by atoms with van der Waals surface area (Å²) in [7, 11) is 0. The van der Waals surface area contributed by atoms with Crippen LogP contribution in [0.4, 0.5) is 5.69 Å². The van der Waals surface area contributed by atoms with Crippen LogP contribution in [0.2, 0.25) is 15.1 Å². The topological polar surface area (TPSA) is 88.9 Å². The lowest BCUT2D eigenvalue weighted by atomic mass is 10.0. The minimum absolute atomic E-state index is 0.193. The number of nitrogens with zero attached hydrogens (tertiary/aromatic N) is 2. The summed E-state index contributed by atoms with van der Waals surface area (Å²) in [6.07, 6.45) is 1.62. The number of anilines is 1. The van der Waals surface area contributed by atoms with Gasteiger partial charge in [-0.05, 0) is 42.5 Å². The number of carbonyl (C=O) groups excluding carboxylic acids is 2. The summed E-state index contributed by atoms with van der Waals surface area (Å²) in [6.45, 7) is 0. The number of halogens is 3. The monoisotopic (exact) mass is 535 g/mol. The predicted molar refractivity (Wildman–Crippen MR) is 143 cm³/mol. The van der Waals surface area contributed by atoms with Crippen molar-refractivity contribution in [3.63, 3.8) is 0 Å². The molecule has 0 unspecified atom stereocenters. The van der Waals surface area contributed by atoms with Gasteiger partial charge in [0.15, 0.2) is 0 Å². The molecule has 0 bridgehead atoms. The maximum Gasteiger partial charge on any atom is 0.281 e. The van der Waals surface area contributed by atoms with Gasteiger partial charge in [0.25, 0.3) is 5.91 Å². The zero-order valence-corrected chi connectivity index (χ0v) is 20.7. The summed E-state index contributed by atoms with van der Waals surface area (Å²) >= 11 is 18.8. The number of primary amides is 1. The first-order chi connectivity index (χ1) is 17.3. The smallest absolute Gasteiger partial charge is 0.281 e. The third-order valence-corrected chi connectivity index (χ3v) is 6.28. The molecule has 1 aromatic heterocycles. The van der Waals surface area contributed by atoms with E-state index in [1.54, 1.807) is 42.5 Å². The number of amides is 2. The minimum atomic E-state index is -0.510. The number of furan rings is 1. The van der Waals surface area contributed by atoms with Crippen molar-refractivity contribution in [1.82, 2.24) is 0 Å². The molecule has 0 fully saturated rings. The van der Waals surface area contributed by atoms with E-state index in [9.17, 15) is 9.59 Å². The van der Waals surface area contributed by atoms with Gasteiger partial charge >= 0.3 is 0 Å². The van der Waals surface area contributed by atoms with Crippen LogP contribution in [-0.2, 0) is 4.79 Å². The van der Waals surface area contributed by atoms with Crippen LogP contribution in [0.25, 0.3) is 17.4 Å². The van der Waals surface area contributed by atoms with E-state index >= 15 is 0 Å². The lowest BCUT2D eigenvalue weighted by molar-refractivity contribution is -0.114. The molecule has 0 saturated carbocycles. The van der Waals surface area contributed by atoms with Gasteiger partial charge in [-0.2, -0.15) is 10.1 Å². The zero-order chi connectivity index (χ0) is 25.4. The number of carbonyl (C=O) groups is 2. The van der Waals surface area contributed by atoms with Crippen molar-refractivity contribution in [2.75, 3.05) is 5.01 Å². The molecule has 3 aromatic carbocycles. The Morgan fingerprint density at radius 2 is 1.56 bits per heavy atom. The summed E-state index contributed by atoms with van der Waals surface area (Å²) in [5.74, 6) is 0.0568. The molecule has 6 nitrogen and oxygen atoms in total. The molecule has 178 valence electrons. The summed E-state index contributed by atoms with van der Waals surface area (Å²) < 4.78 is 5.98. The van der Waals surface area contributed by atoms with E-state index in [-0.39, 0.29) is 15.7 Å². The Hall–Kier alpha value is -3.84. The Kier molecular flexibility index (Phi) is 6.41. The zero-order valence-electron chi connectivity index (χ0n) is 18.4. The van der Waals surface area contributed by atoms with E-state index in [1.807, 2.05) is 30.3 Å². The standard InChI is InChI=1S/C27H16Cl3N3O3/c28-18-12-21(29)25(22(30)13-18)33-27(35)20(24(32-33)16-4-2-1-3-5-16)14-19-10-11-23(36-19)15-6-8-17(9-7-15)26(31)34/h1-14H,(H2,31,34)/b20-14-. The van der Waals surface area contributed by atoms with E-state index in [0.29, 0.717) is 33.4 Å². The van der Waals surface area contributed by atoms with Gasteiger partial charge in [0, 0.05) is 21.7 Å². The summed E-state index contributed by atoms with van der Waals surface area (Å²) in [5, 5.41) is 6.46. The summed E-state index contributed by atoms with van der Waals surface area (Å²) in [5.41, 5.74) is 8.16. The molecule has 0 spiro atoms. The average molecular weight is 537 g/mol. The van der Waals surface area contributed by atoms with Gasteiger partial charge in [0.2, 0.25) is 5.91 Å². The average Bonchev–Trinajstić information content (AvgIpc) is 3.45. The Morgan fingerprint density at radius 1 is 0.889 bits per heavy atom. The lowest BCUT2D eigenvalue weighted by Crippen LogP contribution is -2.22. The Morgan fingerprint density at radius 3 is 2.19 bits per heavy atom. The summed E-state index contributed by atoms with van der Waals surface area (Å²) in [6, 6.07) is 22.5. The van der Waals surface area contributed by atoms with Crippen LogP contribution in [0.1, 0.15) is 21.7 Å². The fourth-order valence-corrected chi connectivity index (χ4v) is 4.75.